The zero-order chi connectivity index (χ0) is 35.9. The molecule has 2 N–H and O–H groups in total. The van der Waals surface area contributed by atoms with Crippen molar-refractivity contribution in [3.05, 3.63) is 83.1 Å². The van der Waals surface area contributed by atoms with E-state index >= 15 is 0 Å². The summed E-state index contributed by atoms with van der Waals surface area (Å²) in [5.41, 5.74) is 0.143. The summed E-state index contributed by atoms with van der Waals surface area (Å²) in [7, 11) is -6.55. The number of nitrogens with zero attached hydrogens (tertiary/aromatic N) is 2. The standard InChI is InChI=1S/C34H43ClFN3O8S2/c1-23-20-39(24(2)22-40)34(41)31-19-28(37-48(42,43)29-15-10-27(36)11-16-29)12-17-32(31)47-25(3)7-5-6-18-46-33(23)21-38(4)49(44,45)30-13-8-26(35)9-14-30/h8-17,19,23-25,33,37,40H,5-7,18,20-22H2,1-4H3/t23-,24+,25-,33-/m1/s1. The van der Waals surface area contributed by atoms with E-state index in [1.807, 2.05) is 13.8 Å². The quantitative estimate of drug-likeness (QED) is 0.297. The SMILES string of the molecule is C[C@@H]1CCCCO[C@H](CN(C)S(=O)(=O)c2ccc(Cl)cc2)[C@H](C)CN([C@@H](C)CO)C(=O)c2cc(NS(=O)(=O)c3ccc(F)cc3)ccc2O1. The monoisotopic (exact) mass is 739 g/mol. The Kier molecular flexibility index (Phi) is 13.1. The summed E-state index contributed by atoms with van der Waals surface area (Å²) < 4.78 is 82.6. The summed E-state index contributed by atoms with van der Waals surface area (Å²) in [6.45, 7) is 5.42. The van der Waals surface area contributed by atoms with Crippen molar-refractivity contribution in [1.82, 2.24) is 9.21 Å². The predicted molar refractivity (Wildman–Crippen MR) is 185 cm³/mol. The van der Waals surface area contributed by atoms with Gasteiger partial charge in [0.25, 0.3) is 15.9 Å². The topological polar surface area (TPSA) is 143 Å². The molecule has 4 atom stereocenters. The molecule has 0 aromatic heterocycles. The fraction of sp³-hybridized carbons (Fsp3) is 0.441. The van der Waals surface area contributed by atoms with E-state index in [9.17, 15) is 31.1 Å². The highest BCUT2D eigenvalue weighted by molar-refractivity contribution is 7.92. The van der Waals surface area contributed by atoms with Crippen LogP contribution >= 0.6 is 11.6 Å². The van der Waals surface area contributed by atoms with Crippen molar-refractivity contribution in [2.45, 2.75) is 68.1 Å². The average molecular weight is 740 g/mol. The average Bonchev–Trinajstić information content (AvgIpc) is 3.06. The second-order valence-electron chi connectivity index (χ2n) is 12.3. The normalized spacial score (nSPS) is 20.6. The van der Waals surface area contributed by atoms with E-state index in [-0.39, 0.29) is 52.6 Å². The number of hydrogen-bond donors (Lipinski definition) is 2. The molecule has 0 spiro atoms. The summed E-state index contributed by atoms with van der Waals surface area (Å²) in [6.07, 6.45) is 1.09. The molecule has 0 radical (unpaired) electrons. The zero-order valence-corrected chi connectivity index (χ0v) is 30.3. The van der Waals surface area contributed by atoms with E-state index in [1.165, 1.54) is 58.7 Å². The molecule has 1 heterocycles. The van der Waals surface area contributed by atoms with Crippen molar-refractivity contribution in [2.75, 3.05) is 38.1 Å². The molecule has 11 nitrogen and oxygen atoms in total. The fourth-order valence-corrected chi connectivity index (χ4v) is 7.77. The Morgan fingerprint density at radius 1 is 1.02 bits per heavy atom. The van der Waals surface area contributed by atoms with Crippen LogP contribution in [0.25, 0.3) is 0 Å². The molecule has 0 saturated carbocycles. The molecule has 0 fully saturated rings. The second kappa shape index (κ2) is 16.6. The van der Waals surface area contributed by atoms with Crippen LogP contribution in [0, 0.1) is 11.7 Å². The van der Waals surface area contributed by atoms with E-state index in [1.54, 1.807) is 6.92 Å². The molecule has 15 heteroatoms. The number of carbonyl (C=O) groups is 1. The van der Waals surface area contributed by atoms with Gasteiger partial charge in [0, 0.05) is 43.4 Å². The number of anilines is 1. The van der Waals surface area contributed by atoms with Crippen LogP contribution in [0.15, 0.2) is 76.5 Å². The highest BCUT2D eigenvalue weighted by Crippen LogP contribution is 2.30. The third kappa shape index (κ3) is 9.92. The molecule has 1 aliphatic rings. The number of aliphatic hydroxyl groups excluding tert-OH is 1. The molecule has 0 bridgehead atoms. The van der Waals surface area contributed by atoms with Gasteiger partial charge in [-0.25, -0.2) is 21.2 Å². The molecule has 0 unspecified atom stereocenters. The molecule has 268 valence electrons. The number of ether oxygens (including phenoxy) is 2. The Morgan fingerprint density at radius 2 is 1.67 bits per heavy atom. The van der Waals surface area contributed by atoms with Gasteiger partial charge in [0.15, 0.2) is 0 Å². The minimum atomic E-state index is -4.13. The summed E-state index contributed by atoms with van der Waals surface area (Å²) in [4.78, 5) is 15.7. The fourth-order valence-electron chi connectivity index (χ4n) is 5.41. The maximum absolute atomic E-state index is 14.3. The van der Waals surface area contributed by atoms with E-state index in [0.29, 0.717) is 24.5 Å². The maximum atomic E-state index is 14.3. The number of amides is 1. The minimum absolute atomic E-state index is 0.00687. The third-order valence-corrected chi connectivity index (χ3v) is 11.9. The first kappa shape index (κ1) is 38.5. The number of carbonyl (C=O) groups excluding carboxylic acids is 1. The molecule has 4 rings (SSSR count). The third-order valence-electron chi connectivity index (χ3n) is 8.39. The predicted octanol–water partition coefficient (Wildman–Crippen LogP) is 5.40. The first-order chi connectivity index (χ1) is 23.1. The molecule has 1 aliphatic heterocycles. The van der Waals surface area contributed by atoms with E-state index in [2.05, 4.69) is 4.72 Å². The van der Waals surface area contributed by atoms with E-state index < -0.39 is 49.8 Å². The van der Waals surface area contributed by atoms with Crippen LogP contribution in [0.5, 0.6) is 5.75 Å². The number of rotatable bonds is 9. The number of sulfonamides is 2. The summed E-state index contributed by atoms with van der Waals surface area (Å²) in [5.74, 6) is -1.29. The number of likely N-dealkylation sites (N-methyl/N-ethyl adjacent to an activating group) is 1. The minimum Gasteiger partial charge on any atom is -0.490 e. The van der Waals surface area contributed by atoms with Crippen LogP contribution in [0.1, 0.15) is 50.4 Å². The first-order valence-corrected chi connectivity index (χ1v) is 19.3. The summed E-state index contributed by atoms with van der Waals surface area (Å²) >= 11 is 5.97. The molecule has 0 aliphatic carbocycles. The van der Waals surface area contributed by atoms with Gasteiger partial charge in [0.2, 0.25) is 10.0 Å². The Bertz CT molecular complexity index is 1790. The number of fused-ring (bicyclic) bond motifs is 1. The van der Waals surface area contributed by atoms with Crippen LogP contribution in [-0.4, -0.2) is 88.7 Å². The highest BCUT2D eigenvalue weighted by atomic mass is 35.5. The Morgan fingerprint density at radius 3 is 2.33 bits per heavy atom. The Balaban J connectivity index is 1.67. The van der Waals surface area contributed by atoms with Crippen molar-refractivity contribution >= 4 is 43.2 Å². The number of aliphatic hydroxyl groups is 1. The van der Waals surface area contributed by atoms with Crippen LogP contribution in [0.3, 0.4) is 0 Å². The molecule has 3 aromatic rings. The van der Waals surface area contributed by atoms with Gasteiger partial charge in [0.05, 0.1) is 40.2 Å². The van der Waals surface area contributed by atoms with Crippen molar-refractivity contribution in [1.29, 1.82) is 0 Å². The van der Waals surface area contributed by atoms with Gasteiger partial charge < -0.3 is 19.5 Å². The van der Waals surface area contributed by atoms with Crippen LogP contribution in [0.2, 0.25) is 5.02 Å². The first-order valence-electron chi connectivity index (χ1n) is 16.0. The van der Waals surface area contributed by atoms with Gasteiger partial charge in [-0.2, -0.15) is 4.31 Å². The lowest BCUT2D eigenvalue weighted by atomic mass is 10.0. The summed E-state index contributed by atoms with van der Waals surface area (Å²) in [5, 5.41) is 10.6. The van der Waals surface area contributed by atoms with E-state index in [0.717, 1.165) is 30.7 Å². The number of nitrogens with one attached hydrogen (secondary N) is 1. The van der Waals surface area contributed by atoms with Gasteiger partial charge in [-0.15, -0.1) is 0 Å². The molecule has 0 saturated heterocycles. The Labute approximate surface area is 293 Å². The number of halogens is 2. The van der Waals surface area contributed by atoms with E-state index in [4.69, 9.17) is 21.1 Å². The van der Waals surface area contributed by atoms with Crippen LogP contribution < -0.4 is 9.46 Å². The van der Waals surface area contributed by atoms with Gasteiger partial charge >= 0.3 is 0 Å². The van der Waals surface area contributed by atoms with Gasteiger partial charge in [-0.1, -0.05) is 18.5 Å². The van der Waals surface area contributed by atoms with Gasteiger partial charge in [-0.05, 0) is 99.8 Å². The summed E-state index contributed by atoms with van der Waals surface area (Å²) in [6, 6.07) is 13.9. The lowest BCUT2D eigenvalue weighted by Gasteiger charge is -2.35. The van der Waals surface area contributed by atoms with Crippen molar-refractivity contribution in [3.63, 3.8) is 0 Å². The van der Waals surface area contributed by atoms with Gasteiger partial charge in [-0.3, -0.25) is 9.52 Å². The Hall–Kier alpha value is -3.27. The van der Waals surface area contributed by atoms with Gasteiger partial charge in [0.1, 0.15) is 11.6 Å². The van der Waals surface area contributed by atoms with Crippen molar-refractivity contribution in [2.24, 2.45) is 5.92 Å². The maximum Gasteiger partial charge on any atom is 0.261 e. The molecule has 3 aromatic carbocycles. The molecular weight excluding hydrogens is 697 g/mol. The molecule has 1 amide bonds. The number of hydrogen-bond acceptors (Lipinski definition) is 8. The van der Waals surface area contributed by atoms with Crippen molar-refractivity contribution < 1.29 is 40.6 Å². The smallest absolute Gasteiger partial charge is 0.261 e. The number of benzene rings is 3. The second-order valence-corrected chi connectivity index (χ2v) is 16.5. The zero-order valence-electron chi connectivity index (χ0n) is 27.9. The molecule has 49 heavy (non-hydrogen) atoms. The molecular formula is C34H43ClFN3O8S2. The van der Waals surface area contributed by atoms with Crippen LogP contribution in [0.4, 0.5) is 10.1 Å². The lowest BCUT2D eigenvalue weighted by molar-refractivity contribution is -0.00833. The largest absolute Gasteiger partial charge is 0.490 e. The lowest BCUT2D eigenvalue weighted by Crippen LogP contribution is -2.48. The van der Waals surface area contributed by atoms with Crippen LogP contribution in [-0.2, 0) is 24.8 Å². The van der Waals surface area contributed by atoms with Crippen molar-refractivity contribution in [3.8, 4) is 5.75 Å². The highest BCUT2D eigenvalue weighted by Gasteiger charge is 2.32.